The summed E-state index contributed by atoms with van der Waals surface area (Å²) in [7, 11) is 0. The molecule has 3 atom stereocenters. The van der Waals surface area contributed by atoms with E-state index in [1.807, 2.05) is 35.4 Å². The van der Waals surface area contributed by atoms with Gasteiger partial charge < -0.3 is 29.8 Å². The fraction of sp³-hybridized carbons (Fsp3) is 0.481. The lowest BCUT2D eigenvalue weighted by molar-refractivity contribution is -0.143. The molecule has 1 fully saturated rings. The molecule has 0 radical (unpaired) electrons. The average Bonchev–Trinajstić information content (AvgIpc) is 3.31. The first-order valence-corrected chi connectivity index (χ1v) is 12.5. The Morgan fingerprint density at radius 2 is 2.11 bits per heavy atom. The first-order valence-electron chi connectivity index (χ1n) is 12.5. The van der Waals surface area contributed by atoms with Crippen LogP contribution in [-0.2, 0) is 16.0 Å². The third-order valence-corrected chi connectivity index (χ3v) is 6.44. The second kappa shape index (κ2) is 12.2. The standard InChI is InChI=1S/C27H36N4O4/c1-3-6-25(27(33)31-11-13-34-14-12-31)35-24-9-4-8-22-21(17-30-26(22)24)15-19(2)29-18-23(32)20-7-5-10-28-16-20/h4-5,7-10,16-17,19,23,25,29-30,32H,3,6,11-15,18H2,1-2H3/t19-,23+,25+/m1/s1. The number of amides is 1. The molecule has 4 rings (SSSR count). The van der Waals surface area contributed by atoms with E-state index >= 15 is 0 Å². The molecule has 0 spiro atoms. The lowest BCUT2D eigenvalue weighted by Gasteiger charge is -2.30. The molecule has 8 heteroatoms. The third-order valence-electron chi connectivity index (χ3n) is 6.44. The Bertz CT molecular complexity index is 1080. The molecule has 1 aliphatic heterocycles. The van der Waals surface area contributed by atoms with E-state index < -0.39 is 12.2 Å². The lowest BCUT2D eigenvalue weighted by Crippen LogP contribution is -2.47. The van der Waals surface area contributed by atoms with Gasteiger partial charge in [0.2, 0.25) is 0 Å². The number of nitrogens with one attached hydrogen (secondary N) is 2. The van der Waals surface area contributed by atoms with Crippen LogP contribution in [0.2, 0.25) is 0 Å². The Labute approximate surface area is 206 Å². The number of rotatable bonds is 11. The van der Waals surface area contributed by atoms with E-state index in [2.05, 4.69) is 35.2 Å². The number of aliphatic hydroxyl groups is 1. The molecular weight excluding hydrogens is 444 g/mol. The average molecular weight is 481 g/mol. The van der Waals surface area contributed by atoms with Gasteiger partial charge in [0.25, 0.3) is 5.91 Å². The van der Waals surface area contributed by atoms with Crippen molar-refractivity contribution < 1.29 is 19.4 Å². The lowest BCUT2D eigenvalue weighted by atomic mass is 10.0. The highest BCUT2D eigenvalue weighted by Gasteiger charge is 2.27. The van der Waals surface area contributed by atoms with Crippen LogP contribution in [0.5, 0.6) is 5.75 Å². The van der Waals surface area contributed by atoms with Crippen LogP contribution in [0, 0.1) is 0 Å². The largest absolute Gasteiger partial charge is 0.478 e. The van der Waals surface area contributed by atoms with Gasteiger partial charge in [-0.25, -0.2) is 0 Å². The Balaban J connectivity index is 1.41. The molecule has 35 heavy (non-hydrogen) atoms. The molecule has 188 valence electrons. The van der Waals surface area contributed by atoms with Crippen LogP contribution >= 0.6 is 0 Å². The molecule has 1 saturated heterocycles. The number of para-hydroxylation sites is 1. The van der Waals surface area contributed by atoms with Gasteiger partial charge in [0, 0.05) is 55.2 Å². The van der Waals surface area contributed by atoms with E-state index in [4.69, 9.17) is 9.47 Å². The summed E-state index contributed by atoms with van der Waals surface area (Å²) in [5.74, 6) is 0.727. The second-order valence-corrected chi connectivity index (χ2v) is 9.14. The van der Waals surface area contributed by atoms with Crippen LogP contribution in [0.15, 0.2) is 48.9 Å². The Kier molecular flexibility index (Phi) is 8.74. The summed E-state index contributed by atoms with van der Waals surface area (Å²) in [5.41, 5.74) is 2.86. The van der Waals surface area contributed by atoms with E-state index in [0.717, 1.165) is 34.9 Å². The first kappa shape index (κ1) is 25.2. The topological polar surface area (TPSA) is 99.7 Å². The summed E-state index contributed by atoms with van der Waals surface area (Å²) in [4.78, 5) is 22.4. The number of aromatic amines is 1. The van der Waals surface area contributed by atoms with E-state index in [0.29, 0.717) is 45.0 Å². The maximum atomic E-state index is 13.1. The minimum Gasteiger partial charge on any atom is -0.478 e. The predicted molar refractivity (Wildman–Crippen MR) is 135 cm³/mol. The number of hydrogen-bond donors (Lipinski definition) is 3. The van der Waals surface area contributed by atoms with Crippen LogP contribution in [0.1, 0.15) is 43.9 Å². The fourth-order valence-corrected chi connectivity index (χ4v) is 4.49. The predicted octanol–water partition coefficient (Wildman–Crippen LogP) is 3.22. The highest BCUT2D eigenvalue weighted by Crippen LogP contribution is 2.29. The van der Waals surface area contributed by atoms with Crippen molar-refractivity contribution in [2.75, 3.05) is 32.8 Å². The number of carbonyl (C=O) groups is 1. The molecule has 3 N–H and O–H groups in total. The van der Waals surface area contributed by atoms with Crippen LogP contribution in [0.25, 0.3) is 10.9 Å². The maximum absolute atomic E-state index is 13.1. The van der Waals surface area contributed by atoms with Crippen LogP contribution < -0.4 is 10.1 Å². The van der Waals surface area contributed by atoms with Crippen LogP contribution in [0.3, 0.4) is 0 Å². The van der Waals surface area contributed by atoms with Crippen molar-refractivity contribution in [3.8, 4) is 5.75 Å². The molecular formula is C27H36N4O4. The number of fused-ring (bicyclic) bond motifs is 1. The molecule has 0 saturated carbocycles. The molecule has 1 aromatic carbocycles. The Morgan fingerprint density at radius 1 is 1.29 bits per heavy atom. The number of nitrogens with zero attached hydrogens (tertiary/aromatic N) is 2. The van der Waals surface area contributed by atoms with Gasteiger partial charge in [0.15, 0.2) is 6.10 Å². The number of aromatic nitrogens is 2. The Hall–Kier alpha value is -2.94. The Morgan fingerprint density at radius 3 is 2.86 bits per heavy atom. The number of ether oxygens (including phenoxy) is 2. The van der Waals surface area contributed by atoms with Gasteiger partial charge in [-0.2, -0.15) is 0 Å². The van der Waals surface area contributed by atoms with Crippen molar-refractivity contribution in [1.29, 1.82) is 0 Å². The number of aliphatic hydroxyl groups excluding tert-OH is 1. The number of carbonyl (C=O) groups excluding carboxylic acids is 1. The van der Waals surface area contributed by atoms with Gasteiger partial charge in [-0.15, -0.1) is 0 Å². The highest BCUT2D eigenvalue weighted by molar-refractivity contribution is 5.89. The zero-order chi connectivity index (χ0) is 24.6. The minimum atomic E-state index is -0.603. The summed E-state index contributed by atoms with van der Waals surface area (Å²) in [6.45, 7) is 6.99. The number of pyridine rings is 1. The van der Waals surface area contributed by atoms with Gasteiger partial charge in [-0.1, -0.05) is 31.5 Å². The van der Waals surface area contributed by atoms with E-state index in [-0.39, 0.29) is 11.9 Å². The van der Waals surface area contributed by atoms with E-state index in [9.17, 15) is 9.90 Å². The number of hydrogen-bond acceptors (Lipinski definition) is 6. The first-order chi connectivity index (χ1) is 17.1. The van der Waals surface area contributed by atoms with Gasteiger partial charge in [-0.05, 0) is 37.5 Å². The summed E-state index contributed by atoms with van der Waals surface area (Å²) >= 11 is 0. The normalized spacial score (nSPS) is 16.7. The van der Waals surface area contributed by atoms with Crippen molar-refractivity contribution in [3.05, 3.63) is 60.0 Å². The maximum Gasteiger partial charge on any atom is 0.263 e. The van der Waals surface area contributed by atoms with Crippen molar-refractivity contribution in [3.63, 3.8) is 0 Å². The fourth-order valence-electron chi connectivity index (χ4n) is 4.49. The molecule has 0 bridgehead atoms. The summed E-state index contributed by atoms with van der Waals surface area (Å²) in [6.07, 6.45) is 6.60. The smallest absolute Gasteiger partial charge is 0.263 e. The van der Waals surface area contributed by atoms with Crippen molar-refractivity contribution in [2.45, 2.75) is 51.4 Å². The van der Waals surface area contributed by atoms with Crippen molar-refractivity contribution in [2.24, 2.45) is 0 Å². The van der Waals surface area contributed by atoms with Gasteiger partial charge in [0.1, 0.15) is 5.75 Å². The SMILES string of the molecule is CCC[C@H](Oc1cccc2c(C[C@@H](C)NC[C@H](O)c3cccnc3)c[nH]c12)C(=O)N1CCOCC1. The third kappa shape index (κ3) is 6.39. The highest BCUT2D eigenvalue weighted by atomic mass is 16.5. The monoisotopic (exact) mass is 480 g/mol. The summed E-state index contributed by atoms with van der Waals surface area (Å²) in [5, 5.41) is 14.9. The molecule has 3 aromatic rings. The summed E-state index contributed by atoms with van der Waals surface area (Å²) < 4.78 is 11.7. The van der Waals surface area contributed by atoms with Gasteiger partial charge in [-0.3, -0.25) is 9.78 Å². The van der Waals surface area contributed by atoms with E-state index in [1.54, 1.807) is 12.4 Å². The zero-order valence-corrected chi connectivity index (χ0v) is 20.6. The van der Waals surface area contributed by atoms with Crippen molar-refractivity contribution in [1.82, 2.24) is 20.2 Å². The molecule has 1 amide bonds. The molecule has 2 aromatic heterocycles. The molecule has 8 nitrogen and oxygen atoms in total. The summed E-state index contributed by atoms with van der Waals surface area (Å²) in [6, 6.07) is 9.82. The van der Waals surface area contributed by atoms with E-state index in [1.165, 1.54) is 0 Å². The molecule has 1 aliphatic rings. The van der Waals surface area contributed by atoms with Crippen LogP contribution in [-0.4, -0.2) is 70.9 Å². The quantitative estimate of drug-likeness (QED) is 0.390. The molecule has 3 heterocycles. The minimum absolute atomic E-state index is 0.0314. The van der Waals surface area contributed by atoms with Gasteiger partial charge in [0.05, 0.1) is 24.8 Å². The number of benzene rings is 1. The van der Waals surface area contributed by atoms with Crippen molar-refractivity contribution >= 4 is 16.8 Å². The zero-order valence-electron chi connectivity index (χ0n) is 20.6. The van der Waals surface area contributed by atoms with Crippen LogP contribution in [0.4, 0.5) is 0 Å². The van der Waals surface area contributed by atoms with Gasteiger partial charge >= 0.3 is 0 Å². The number of morpholine rings is 1. The molecule has 0 aliphatic carbocycles. The number of H-pyrrole nitrogens is 1. The second-order valence-electron chi connectivity index (χ2n) is 9.14. The molecule has 0 unspecified atom stereocenters.